The maximum Gasteiger partial charge on any atom is 0.416 e. The van der Waals surface area contributed by atoms with Crippen LogP contribution in [-0.2, 0) is 11.0 Å². The highest BCUT2D eigenvalue weighted by Gasteiger charge is 2.34. The van der Waals surface area contributed by atoms with Gasteiger partial charge in [0.05, 0.1) is 23.2 Å². The van der Waals surface area contributed by atoms with E-state index in [0.29, 0.717) is 17.0 Å². The van der Waals surface area contributed by atoms with E-state index in [4.69, 9.17) is 5.73 Å². The standard InChI is InChI=1S/C19H18F3N5O2/c1-18(23)10-15(28)26-27-16(18)11-4-2-6-13(8-11)24-17(29)25-14-7-3-5-12(9-14)19(20,21)22/h2-9H,10,23H2,1H3,(H,26,28)(H2,24,25,29). The van der Waals surface area contributed by atoms with Gasteiger partial charge in [-0.15, -0.1) is 0 Å². The summed E-state index contributed by atoms with van der Waals surface area (Å²) in [5.41, 5.74) is 8.10. The molecule has 1 unspecified atom stereocenters. The smallest absolute Gasteiger partial charge is 0.320 e. The highest BCUT2D eigenvalue weighted by molar-refractivity contribution is 6.11. The van der Waals surface area contributed by atoms with Gasteiger partial charge >= 0.3 is 12.2 Å². The lowest BCUT2D eigenvalue weighted by Crippen LogP contribution is -2.52. The molecular weight excluding hydrogens is 387 g/mol. The fourth-order valence-corrected chi connectivity index (χ4v) is 2.91. The van der Waals surface area contributed by atoms with Crippen molar-refractivity contribution in [3.05, 3.63) is 59.7 Å². The van der Waals surface area contributed by atoms with Crippen LogP contribution in [0.3, 0.4) is 0 Å². The lowest BCUT2D eigenvalue weighted by atomic mass is 9.87. The molecular formula is C19H18F3N5O2. The van der Waals surface area contributed by atoms with Gasteiger partial charge in [-0.1, -0.05) is 18.2 Å². The van der Waals surface area contributed by atoms with Gasteiger partial charge in [-0.05, 0) is 37.3 Å². The third-order valence-corrected chi connectivity index (χ3v) is 4.20. The van der Waals surface area contributed by atoms with E-state index in [-0.39, 0.29) is 18.0 Å². The van der Waals surface area contributed by atoms with Gasteiger partial charge in [0.2, 0.25) is 5.91 Å². The zero-order valence-corrected chi connectivity index (χ0v) is 15.3. The highest BCUT2D eigenvalue weighted by atomic mass is 19.4. The van der Waals surface area contributed by atoms with Crippen LogP contribution < -0.4 is 21.8 Å². The number of urea groups is 1. The summed E-state index contributed by atoms with van der Waals surface area (Å²) in [4.78, 5) is 23.7. The van der Waals surface area contributed by atoms with Crippen molar-refractivity contribution >= 4 is 29.0 Å². The summed E-state index contributed by atoms with van der Waals surface area (Å²) in [6.45, 7) is 1.67. The first-order valence-electron chi connectivity index (χ1n) is 8.56. The highest BCUT2D eigenvalue weighted by Crippen LogP contribution is 2.30. The van der Waals surface area contributed by atoms with Crippen molar-refractivity contribution in [1.29, 1.82) is 0 Å². The summed E-state index contributed by atoms with van der Waals surface area (Å²) in [7, 11) is 0. The molecule has 3 amide bonds. The summed E-state index contributed by atoms with van der Waals surface area (Å²) >= 11 is 0. The van der Waals surface area contributed by atoms with Crippen LogP contribution in [0.5, 0.6) is 0 Å². The second-order valence-electron chi connectivity index (χ2n) is 6.83. The molecule has 1 atom stereocenters. The number of hydrazone groups is 1. The number of rotatable bonds is 3. The van der Waals surface area contributed by atoms with Crippen LogP contribution in [0, 0.1) is 0 Å². The largest absolute Gasteiger partial charge is 0.416 e. The number of benzene rings is 2. The first kappa shape index (κ1) is 20.3. The van der Waals surface area contributed by atoms with Gasteiger partial charge in [-0.25, -0.2) is 10.2 Å². The Morgan fingerprint density at radius 2 is 1.76 bits per heavy atom. The number of nitrogens with two attached hydrogens (primary N) is 1. The first-order chi connectivity index (χ1) is 13.5. The molecule has 3 rings (SSSR count). The van der Waals surface area contributed by atoms with Gasteiger partial charge in [0.15, 0.2) is 0 Å². The normalized spacial score (nSPS) is 19.2. The van der Waals surface area contributed by atoms with Crippen LogP contribution in [0.4, 0.5) is 29.3 Å². The van der Waals surface area contributed by atoms with Crippen LogP contribution in [-0.4, -0.2) is 23.2 Å². The van der Waals surface area contributed by atoms with E-state index in [9.17, 15) is 22.8 Å². The van der Waals surface area contributed by atoms with E-state index in [2.05, 4.69) is 21.2 Å². The van der Waals surface area contributed by atoms with E-state index in [1.807, 2.05) is 0 Å². The number of hydrogen-bond donors (Lipinski definition) is 4. The third-order valence-electron chi connectivity index (χ3n) is 4.20. The minimum Gasteiger partial charge on any atom is -0.320 e. The van der Waals surface area contributed by atoms with Gasteiger partial charge in [0, 0.05) is 16.9 Å². The molecule has 152 valence electrons. The average molecular weight is 405 g/mol. The Hall–Kier alpha value is -3.40. The van der Waals surface area contributed by atoms with Crippen molar-refractivity contribution in [3.63, 3.8) is 0 Å². The van der Waals surface area contributed by atoms with Crippen molar-refractivity contribution in [2.45, 2.75) is 25.1 Å². The molecule has 29 heavy (non-hydrogen) atoms. The third kappa shape index (κ3) is 4.91. The molecule has 0 aromatic heterocycles. The molecule has 0 bridgehead atoms. The van der Waals surface area contributed by atoms with Gasteiger partial charge in [-0.2, -0.15) is 18.3 Å². The molecule has 10 heteroatoms. The Bertz CT molecular complexity index is 986. The Labute approximate surface area is 164 Å². The number of hydrogen-bond acceptors (Lipinski definition) is 4. The molecule has 2 aromatic rings. The molecule has 2 aromatic carbocycles. The molecule has 0 spiro atoms. The Morgan fingerprint density at radius 1 is 1.14 bits per heavy atom. The zero-order chi connectivity index (χ0) is 21.2. The van der Waals surface area contributed by atoms with Crippen molar-refractivity contribution in [2.75, 3.05) is 10.6 Å². The zero-order valence-electron chi connectivity index (χ0n) is 15.3. The fourth-order valence-electron chi connectivity index (χ4n) is 2.91. The number of anilines is 2. The Kier molecular flexibility index (Phi) is 5.29. The molecule has 1 aliphatic rings. The predicted molar refractivity (Wildman–Crippen MR) is 102 cm³/mol. The molecule has 5 N–H and O–H groups in total. The summed E-state index contributed by atoms with van der Waals surface area (Å²) in [5, 5.41) is 8.92. The number of carbonyl (C=O) groups is 2. The molecule has 1 heterocycles. The lowest BCUT2D eigenvalue weighted by molar-refractivity contribution is -0.137. The van der Waals surface area contributed by atoms with Gasteiger partial charge in [-0.3, -0.25) is 4.79 Å². The monoisotopic (exact) mass is 405 g/mol. The minimum absolute atomic E-state index is 0.00220. The number of halogens is 3. The maximum atomic E-state index is 12.8. The molecule has 0 saturated carbocycles. The van der Waals surface area contributed by atoms with E-state index in [1.165, 1.54) is 12.1 Å². The molecule has 0 radical (unpaired) electrons. The quantitative estimate of drug-likeness (QED) is 0.629. The molecule has 7 nitrogen and oxygen atoms in total. The molecule has 0 fully saturated rings. The summed E-state index contributed by atoms with van der Waals surface area (Å²) in [6, 6.07) is 10.2. The second kappa shape index (κ2) is 7.55. The van der Waals surface area contributed by atoms with Gasteiger partial charge in [0.1, 0.15) is 0 Å². The van der Waals surface area contributed by atoms with E-state index in [1.54, 1.807) is 31.2 Å². The first-order valence-corrected chi connectivity index (χ1v) is 8.56. The van der Waals surface area contributed by atoms with Crippen LogP contribution in [0.2, 0.25) is 0 Å². The van der Waals surface area contributed by atoms with Crippen molar-refractivity contribution in [3.8, 4) is 0 Å². The summed E-state index contributed by atoms with van der Waals surface area (Å²) in [6.07, 6.45) is -4.45. The van der Waals surface area contributed by atoms with Gasteiger partial charge < -0.3 is 16.4 Å². The average Bonchev–Trinajstić information content (AvgIpc) is 2.60. The Balaban J connectivity index is 1.74. The van der Waals surface area contributed by atoms with Crippen LogP contribution in [0.15, 0.2) is 53.6 Å². The number of nitrogens with zero attached hydrogens (tertiary/aromatic N) is 1. The number of alkyl halides is 3. The van der Waals surface area contributed by atoms with E-state index < -0.39 is 23.3 Å². The predicted octanol–water partition coefficient (Wildman–Crippen LogP) is 3.29. The SMILES string of the molecule is CC1(N)CC(=O)NN=C1c1cccc(NC(=O)Nc2cccc(C(F)(F)F)c2)c1. The number of carbonyl (C=O) groups excluding carboxylic acids is 2. The number of amides is 3. The maximum absolute atomic E-state index is 12.8. The molecule has 0 aliphatic carbocycles. The van der Waals surface area contributed by atoms with Crippen LogP contribution in [0.1, 0.15) is 24.5 Å². The minimum atomic E-state index is -4.51. The number of nitrogens with one attached hydrogen (secondary N) is 3. The lowest BCUT2D eigenvalue weighted by Gasteiger charge is -2.29. The van der Waals surface area contributed by atoms with Crippen LogP contribution >= 0.6 is 0 Å². The van der Waals surface area contributed by atoms with Crippen molar-refractivity contribution in [2.24, 2.45) is 10.8 Å². The summed E-state index contributed by atoms with van der Waals surface area (Å²) < 4.78 is 38.4. The fraction of sp³-hybridized carbons (Fsp3) is 0.211. The second-order valence-corrected chi connectivity index (χ2v) is 6.83. The molecule has 1 aliphatic heterocycles. The summed E-state index contributed by atoms with van der Waals surface area (Å²) in [5.74, 6) is -0.298. The van der Waals surface area contributed by atoms with E-state index >= 15 is 0 Å². The molecule has 0 saturated heterocycles. The van der Waals surface area contributed by atoms with Crippen molar-refractivity contribution < 1.29 is 22.8 Å². The van der Waals surface area contributed by atoms with Crippen LogP contribution in [0.25, 0.3) is 0 Å². The van der Waals surface area contributed by atoms with Gasteiger partial charge in [0.25, 0.3) is 0 Å². The van der Waals surface area contributed by atoms with Crippen molar-refractivity contribution in [1.82, 2.24) is 5.43 Å². The topological polar surface area (TPSA) is 109 Å². The Morgan fingerprint density at radius 3 is 2.38 bits per heavy atom. The van der Waals surface area contributed by atoms with E-state index in [0.717, 1.165) is 12.1 Å².